The lowest BCUT2D eigenvalue weighted by Gasteiger charge is -2.01. The third kappa shape index (κ3) is 2.95. The molecule has 12 heavy (non-hydrogen) atoms. The summed E-state index contributed by atoms with van der Waals surface area (Å²) in [6, 6.07) is 4.16. The number of nitrogens with one attached hydrogen (secondary N) is 1. The summed E-state index contributed by atoms with van der Waals surface area (Å²) in [7, 11) is 0. The molecule has 0 atom stereocenters. The number of hydrogen-bond acceptors (Lipinski definition) is 2. The van der Waals surface area contributed by atoms with Gasteiger partial charge in [-0.25, -0.2) is 4.39 Å². The Morgan fingerprint density at radius 3 is 2.75 bits per heavy atom. The fraction of sp³-hybridized carbons (Fsp3) is 0.143. The van der Waals surface area contributed by atoms with E-state index < -0.39 is 0 Å². The maximum Gasteiger partial charge on any atom is 0.123 e. The molecule has 1 aromatic carbocycles. The van der Waals surface area contributed by atoms with Gasteiger partial charge in [0.15, 0.2) is 0 Å². The Labute approximate surface area is 81.3 Å². The van der Waals surface area contributed by atoms with Crippen LogP contribution in [0.1, 0.15) is 5.56 Å². The molecule has 0 fully saturated rings. The zero-order chi connectivity index (χ0) is 8.27. The summed E-state index contributed by atoms with van der Waals surface area (Å²) in [5.74, 6) is 4.74. The topological polar surface area (TPSA) is 38.0 Å². The van der Waals surface area contributed by atoms with Gasteiger partial charge in [-0.1, -0.05) is 11.6 Å². The lowest BCUT2D eigenvalue weighted by molar-refractivity contribution is 0.622. The molecule has 0 bridgehead atoms. The fourth-order valence-corrected chi connectivity index (χ4v) is 0.973. The van der Waals surface area contributed by atoms with Crippen LogP contribution >= 0.6 is 24.0 Å². The highest BCUT2D eigenvalue weighted by atomic mass is 35.5. The summed E-state index contributed by atoms with van der Waals surface area (Å²) in [6.45, 7) is 0.372. The van der Waals surface area contributed by atoms with Crippen LogP contribution in [0.2, 0.25) is 5.02 Å². The highest BCUT2D eigenvalue weighted by molar-refractivity contribution is 6.31. The van der Waals surface area contributed by atoms with Crippen LogP contribution in [0.15, 0.2) is 18.2 Å². The van der Waals surface area contributed by atoms with Gasteiger partial charge in [-0.05, 0) is 23.8 Å². The molecule has 2 nitrogen and oxygen atoms in total. The van der Waals surface area contributed by atoms with Crippen molar-refractivity contribution in [3.05, 3.63) is 34.6 Å². The molecule has 68 valence electrons. The van der Waals surface area contributed by atoms with E-state index in [0.29, 0.717) is 17.1 Å². The molecule has 0 aliphatic heterocycles. The minimum absolute atomic E-state index is 0. The Bertz CT molecular complexity index is 255. The number of nitrogens with two attached hydrogens (primary N) is 1. The van der Waals surface area contributed by atoms with Gasteiger partial charge in [-0.15, -0.1) is 12.4 Å². The van der Waals surface area contributed by atoms with Crippen molar-refractivity contribution in [3.8, 4) is 0 Å². The van der Waals surface area contributed by atoms with Crippen molar-refractivity contribution >= 4 is 24.0 Å². The van der Waals surface area contributed by atoms with E-state index in [0.717, 1.165) is 0 Å². The number of rotatable bonds is 2. The Balaban J connectivity index is 0.00000121. The van der Waals surface area contributed by atoms with E-state index in [2.05, 4.69) is 5.43 Å². The SMILES string of the molecule is Cl.NNCc1cc(F)ccc1Cl. The molecular formula is C7H9Cl2FN2. The van der Waals surface area contributed by atoms with Gasteiger partial charge >= 0.3 is 0 Å². The maximum atomic E-state index is 12.5. The third-order valence-electron chi connectivity index (χ3n) is 1.30. The molecule has 0 aliphatic carbocycles. The zero-order valence-corrected chi connectivity index (χ0v) is 7.75. The first-order valence-electron chi connectivity index (χ1n) is 3.11. The Morgan fingerprint density at radius 1 is 1.50 bits per heavy atom. The van der Waals surface area contributed by atoms with Gasteiger partial charge in [0.2, 0.25) is 0 Å². The molecule has 0 saturated heterocycles. The third-order valence-corrected chi connectivity index (χ3v) is 1.67. The predicted molar refractivity (Wildman–Crippen MR) is 49.7 cm³/mol. The van der Waals surface area contributed by atoms with Crippen LogP contribution in [-0.4, -0.2) is 0 Å². The standard InChI is InChI=1S/C7H8ClFN2.ClH/c8-7-2-1-6(9)3-5(7)4-11-10;/h1-3,11H,4,10H2;1H. The second-order valence-corrected chi connectivity index (χ2v) is 2.52. The number of halogens is 3. The molecule has 0 spiro atoms. The highest BCUT2D eigenvalue weighted by Crippen LogP contribution is 2.16. The van der Waals surface area contributed by atoms with E-state index in [1.165, 1.54) is 18.2 Å². The Morgan fingerprint density at radius 2 is 2.17 bits per heavy atom. The minimum atomic E-state index is -0.306. The monoisotopic (exact) mass is 210 g/mol. The highest BCUT2D eigenvalue weighted by Gasteiger charge is 1.99. The number of benzene rings is 1. The minimum Gasteiger partial charge on any atom is -0.271 e. The predicted octanol–water partition coefficient (Wildman–Crippen LogP) is 1.86. The van der Waals surface area contributed by atoms with Crippen LogP contribution in [-0.2, 0) is 6.54 Å². The average Bonchev–Trinajstić information content (AvgIpc) is 1.98. The molecule has 0 aliphatic rings. The van der Waals surface area contributed by atoms with E-state index in [4.69, 9.17) is 17.4 Å². The summed E-state index contributed by atoms with van der Waals surface area (Å²) in [5.41, 5.74) is 3.06. The Hall–Kier alpha value is -0.350. The molecule has 1 rings (SSSR count). The average molecular weight is 211 g/mol. The lowest BCUT2D eigenvalue weighted by atomic mass is 10.2. The van der Waals surface area contributed by atoms with Crippen molar-refractivity contribution in [1.82, 2.24) is 5.43 Å². The number of hydrogen-bond donors (Lipinski definition) is 2. The summed E-state index contributed by atoms with van der Waals surface area (Å²) in [4.78, 5) is 0. The van der Waals surface area contributed by atoms with E-state index in [1.54, 1.807) is 0 Å². The molecule has 5 heteroatoms. The largest absolute Gasteiger partial charge is 0.271 e. The van der Waals surface area contributed by atoms with E-state index in [9.17, 15) is 4.39 Å². The molecule has 3 N–H and O–H groups in total. The summed E-state index contributed by atoms with van der Waals surface area (Å²) >= 11 is 5.71. The molecular weight excluding hydrogens is 202 g/mol. The smallest absolute Gasteiger partial charge is 0.123 e. The molecule has 0 saturated carbocycles. The van der Waals surface area contributed by atoms with Crippen molar-refractivity contribution < 1.29 is 4.39 Å². The quantitative estimate of drug-likeness (QED) is 0.578. The van der Waals surface area contributed by atoms with Crippen molar-refractivity contribution in [2.45, 2.75) is 6.54 Å². The fourth-order valence-electron chi connectivity index (χ4n) is 0.789. The van der Waals surface area contributed by atoms with Crippen molar-refractivity contribution in [3.63, 3.8) is 0 Å². The van der Waals surface area contributed by atoms with Crippen molar-refractivity contribution in [2.24, 2.45) is 5.84 Å². The Kier molecular flexibility index (Phi) is 5.17. The lowest BCUT2D eigenvalue weighted by Crippen LogP contribution is -2.21. The summed E-state index contributed by atoms with van der Waals surface area (Å²) in [5, 5.41) is 0.518. The second-order valence-electron chi connectivity index (χ2n) is 2.12. The van der Waals surface area contributed by atoms with Gasteiger partial charge in [0.25, 0.3) is 0 Å². The van der Waals surface area contributed by atoms with Crippen molar-refractivity contribution in [1.29, 1.82) is 0 Å². The molecule has 0 radical (unpaired) electrons. The maximum absolute atomic E-state index is 12.5. The second kappa shape index (κ2) is 5.32. The van der Waals surface area contributed by atoms with Gasteiger partial charge < -0.3 is 0 Å². The van der Waals surface area contributed by atoms with Gasteiger partial charge in [0.1, 0.15) is 5.82 Å². The molecule has 1 aromatic rings. The number of hydrazine groups is 1. The first-order valence-corrected chi connectivity index (χ1v) is 3.49. The summed E-state index contributed by atoms with van der Waals surface area (Å²) < 4.78 is 12.5. The van der Waals surface area contributed by atoms with Gasteiger partial charge in [0.05, 0.1) is 0 Å². The first kappa shape index (κ1) is 11.6. The van der Waals surface area contributed by atoms with Gasteiger partial charge in [-0.3, -0.25) is 11.3 Å². The molecule has 0 heterocycles. The van der Waals surface area contributed by atoms with Crippen LogP contribution in [0.3, 0.4) is 0 Å². The zero-order valence-electron chi connectivity index (χ0n) is 6.18. The van der Waals surface area contributed by atoms with Crippen LogP contribution in [0, 0.1) is 5.82 Å². The molecule has 0 aromatic heterocycles. The van der Waals surface area contributed by atoms with Crippen LogP contribution in [0.4, 0.5) is 4.39 Å². The normalized spacial score (nSPS) is 9.25. The van der Waals surface area contributed by atoms with Gasteiger partial charge in [0, 0.05) is 11.6 Å². The molecule has 0 unspecified atom stereocenters. The molecule has 0 amide bonds. The van der Waals surface area contributed by atoms with Crippen LogP contribution in [0.25, 0.3) is 0 Å². The van der Waals surface area contributed by atoms with E-state index in [1.807, 2.05) is 0 Å². The van der Waals surface area contributed by atoms with Crippen LogP contribution in [0.5, 0.6) is 0 Å². The summed E-state index contributed by atoms with van der Waals surface area (Å²) in [6.07, 6.45) is 0. The van der Waals surface area contributed by atoms with E-state index >= 15 is 0 Å². The van der Waals surface area contributed by atoms with E-state index in [-0.39, 0.29) is 18.2 Å². The van der Waals surface area contributed by atoms with Crippen LogP contribution < -0.4 is 11.3 Å². The first-order chi connectivity index (χ1) is 5.24. The van der Waals surface area contributed by atoms with Crippen molar-refractivity contribution in [2.75, 3.05) is 0 Å². The van der Waals surface area contributed by atoms with Gasteiger partial charge in [-0.2, -0.15) is 0 Å².